The van der Waals surface area contributed by atoms with Crippen LogP contribution in [0, 0.1) is 19.8 Å². The second-order valence-electron chi connectivity index (χ2n) is 8.55. The number of hydrogen-bond donors (Lipinski definition) is 1. The number of benzene rings is 1. The van der Waals surface area contributed by atoms with Gasteiger partial charge in [0, 0.05) is 36.1 Å². The van der Waals surface area contributed by atoms with Crippen LogP contribution in [-0.2, 0) is 0 Å². The number of rotatable bonds is 4. The lowest BCUT2D eigenvalue weighted by Gasteiger charge is -2.34. The Labute approximate surface area is 177 Å². The van der Waals surface area contributed by atoms with E-state index in [4.69, 9.17) is 0 Å². The number of carbonyl (C=O) groups is 1. The van der Waals surface area contributed by atoms with Crippen LogP contribution in [0.4, 0.5) is 5.82 Å². The molecule has 3 unspecified atom stereocenters. The van der Waals surface area contributed by atoms with Crippen LogP contribution >= 0.6 is 0 Å². The Morgan fingerprint density at radius 1 is 1.03 bits per heavy atom. The van der Waals surface area contributed by atoms with Crippen LogP contribution in [0.25, 0.3) is 11.3 Å². The molecule has 1 saturated heterocycles. The summed E-state index contributed by atoms with van der Waals surface area (Å²) in [7, 11) is 0. The van der Waals surface area contributed by atoms with E-state index >= 15 is 0 Å². The zero-order valence-corrected chi connectivity index (χ0v) is 17.4. The largest absolute Gasteiger partial charge is 0.365 e. The van der Waals surface area contributed by atoms with E-state index < -0.39 is 0 Å². The van der Waals surface area contributed by atoms with Crippen LogP contribution in [0.2, 0.25) is 0 Å². The highest BCUT2D eigenvalue weighted by molar-refractivity contribution is 6.01. The van der Waals surface area contributed by atoms with Gasteiger partial charge >= 0.3 is 0 Å². The van der Waals surface area contributed by atoms with Crippen molar-refractivity contribution in [3.05, 3.63) is 77.6 Å². The smallest absolute Gasteiger partial charge is 0.254 e. The van der Waals surface area contributed by atoms with Crippen LogP contribution in [0.5, 0.6) is 0 Å². The molecule has 0 spiro atoms. The highest BCUT2D eigenvalue weighted by atomic mass is 16.2. The lowest BCUT2D eigenvalue weighted by Crippen LogP contribution is -2.47. The van der Waals surface area contributed by atoms with Gasteiger partial charge in [-0.1, -0.05) is 30.3 Å². The molecule has 5 heteroatoms. The van der Waals surface area contributed by atoms with Crippen molar-refractivity contribution in [1.29, 1.82) is 0 Å². The van der Waals surface area contributed by atoms with Gasteiger partial charge in [-0.15, -0.1) is 0 Å². The normalized spacial score (nSPS) is 22.3. The van der Waals surface area contributed by atoms with E-state index in [1.165, 1.54) is 0 Å². The maximum absolute atomic E-state index is 13.6. The summed E-state index contributed by atoms with van der Waals surface area (Å²) in [6.45, 7) is 4.91. The van der Waals surface area contributed by atoms with Crippen molar-refractivity contribution in [2.45, 2.75) is 38.8 Å². The van der Waals surface area contributed by atoms with E-state index in [2.05, 4.69) is 26.3 Å². The van der Waals surface area contributed by atoms with E-state index in [0.29, 0.717) is 5.92 Å². The second-order valence-corrected chi connectivity index (χ2v) is 8.55. The van der Waals surface area contributed by atoms with Crippen LogP contribution < -0.4 is 5.32 Å². The highest BCUT2D eigenvalue weighted by Crippen LogP contribution is 2.40. The average molecular weight is 399 g/mol. The van der Waals surface area contributed by atoms with E-state index in [0.717, 1.165) is 53.2 Å². The van der Waals surface area contributed by atoms with E-state index in [9.17, 15) is 4.79 Å². The number of nitrogens with zero attached hydrogens (tertiary/aromatic N) is 3. The van der Waals surface area contributed by atoms with Crippen molar-refractivity contribution in [3.63, 3.8) is 0 Å². The fraction of sp³-hybridized carbons (Fsp3) is 0.320. The Morgan fingerprint density at radius 3 is 2.67 bits per heavy atom. The van der Waals surface area contributed by atoms with Gasteiger partial charge in [-0.05, 0) is 61.9 Å². The predicted molar refractivity (Wildman–Crippen MR) is 118 cm³/mol. The van der Waals surface area contributed by atoms with E-state index in [-0.39, 0.29) is 18.0 Å². The molecule has 2 aliphatic rings. The van der Waals surface area contributed by atoms with Crippen molar-refractivity contribution >= 4 is 11.7 Å². The minimum Gasteiger partial charge on any atom is -0.365 e. The van der Waals surface area contributed by atoms with Crippen molar-refractivity contribution in [3.8, 4) is 11.3 Å². The molecule has 2 bridgehead atoms. The zero-order chi connectivity index (χ0) is 20.7. The molecule has 1 amide bonds. The van der Waals surface area contributed by atoms with Gasteiger partial charge in [-0.2, -0.15) is 0 Å². The number of likely N-dealkylation sites (tertiary alicyclic amines) is 1. The Hall–Kier alpha value is -3.21. The minimum atomic E-state index is 0.103. The lowest BCUT2D eigenvalue weighted by atomic mass is 9.98. The van der Waals surface area contributed by atoms with E-state index in [1.807, 2.05) is 62.5 Å². The van der Waals surface area contributed by atoms with Crippen LogP contribution in [0.3, 0.4) is 0 Å². The number of pyridine rings is 2. The van der Waals surface area contributed by atoms with Gasteiger partial charge in [-0.3, -0.25) is 9.78 Å². The Balaban J connectivity index is 1.41. The summed E-state index contributed by atoms with van der Waals surface area (Å²) in [4.78, 5) is 24.8. The topological polar surface area (TPSA) is 58.1 Å². The molecule has 3 aromatic rings. The molecule has 1 aliphatic heterocycles. The third kappa shape index (κ3) is 3.34. The molecule has 5 nitrogen and oxygen atoms in total. The Morgan fingerprint density at radius 2 is 1.90 bits per heavy atom. The number of hydrogen-bond acceptors (Lipinski definition) is 4. The molecule has 2 fully saturated rings. The van der Waals surface area contributed by atoms with Crippen LogP contribution in [-0.4, -0.2) is 39.4 Å². The van der Waals surface area contributed by atoms with E-state index in [1.54, 1.807) is 6.20 Å². The molecular weight excluding hydrogens is 372 g/mol. The Kier molecular flexibility index (Phi) is 4.74. The fourth-order valence-corrected chi connectivity index (χ4v) is 4.96. The lowest BCUT2D eigenvalue weighted by molar-refractivity contribution is 0.0693. The number of nitrogens with one attached hydrogen (secondary N) is 1. The van der Waals surface area contributed by atoms with Gasteiger partial charge in [0.1, 0.15) is 5.82 Å². The zero-order valence-electron chi connectivity index (χ0n) is 17.4. The van der Waals surface area contributed by atoms with Gasteiger partial charge in [0.15, 0.2) is 0 Å². The molecule has 1 aliphatic carbocycles. The predicted octanol–water partition coefficient (Wildman–Crippen LogP) is 4.48. The second kappa shape index (κ2) is 7.56. The fourth-order valence-electron chi connectivity index (χ4n) is 4.96. The minimum absolute atomic E-state index is 0.103. The molecule has 3 heterocycles. The number of aromatic nitrogens is 2. The maximum atomic E-state index is 13.6. The monoisotopic (exact) mass is 398 g/mol. The summed E-state index contributed by atoms with van der Waals surface area (Å²) in [6, 6.07) is 16.3. The molecule has 30 heavy (non-hydrogen) atoms. The summed E-state index contributed by atoms with van der Waals surface area (Å²) in [6.07, 6.45) is 5.81. The number of fused-ring (bicyclic) bond motifs is 2. The maximum Gasteiger partial charge on any atom is 0.254 e. The summed E-state index contributed by atoms with van der Waals surface area (Å²) < 4.78 is 0. The average Bonchev–Trinajstić information content (AvgIpc) is 3.36. The molecular formula is C25H26N4O. The quantitative estimate of drug-likeness (QED) is 0.704. The Bertz CT molecular complexity index is 1080. The summed E-state index contributed by atoms with van der Waals surface area (Å²) in [5, 5.41) is 3.57. The summed E-state index contributed by atoms with van der Waals surface area (Å²) >= 11 is 0. The molecule has 152 valence electrons. The molecule has 1 N–H and O–H groups in total. The van der Waals surface area contributed by atoms with Crippen molar-refractivity contribution in [1.82, 2.24) is 14.9 Å². The molecule has 2 aromatic heterocycles. The third-order valence-electron chi connectivity index (χ3n) is 6.41. The third-order valence-corrected chi connectivity index (χ3v) is 6.41. The molecule has 5 rings (SSSR count). The number of aryl methyl sites for hydroxylation is 2. The SMILES string of the molecule is Cc1ccc(NC2CC3CC2N(C(=O)c2ccccc2-c2ncccc2C)C3)nc1. The van der Waals surface area contributed by atoms with Gasteiger partial charge in [0.25, 0.3) is 5.91 Å². The van der Waals surface area contributed by atoms with Crippen molar-refractivity contribution in [2.75, 3.05) is 11.9 Å². The standard InChI is InChI=1S/C25H26N4O/c1-16-9-10-23(27-14-16)28-21-12-18-13-22(21)29(15-18)25(30)20-8-4-3-7-19(20)24-17(2)6-5-11-26-24/h3-11,14,18,21-22H,12-13,15H2,1-2H3,(H,27,28). The summed E-state index contributed by atoms with van der Waals surface area (Å²) in [5.74, 6) is 1.53. The number of carbonyl (C=O) groups excluding carboxylic acids is 1. The van der Waals surface area contributed by atoms with Crippen molar-refractivity contribution < 1.29 is 4.79 Å². The van der Waals surface area contributed by atoms with Crippen LogP contribution in [0.1, 0.15) is 34.3 Å². The summed E-state index contributed by atoms with van der Waals surface area (Å²) in [5.41, 5.74) is 4.74. The first-order chi connectivity index (χ1) is 14.6. The van der Waals surface area contributed by atoms with Gasteiger partial charge < -0.3 is 10.2 Å². The first kappa shape index (κ1) is 18.8. The molecule has 0 radical (unpaired) electrons. The first-order valence-corrected chi connectivity index (χ1v) is 10.6. The number of amides is 1. The molecule has 1 saturated carbocycles. The number of anilines is 1. The van der Waals surface area contributed by atoms with Gasteiger partial charge in [-0.25, -0.2) is 4.98 Å². The molecule has 3 atom stereocenters. The molecule has 1 aromatic carbocycles. The number of piperidine rings is 1. The highest BCUT2D eigenvalue weighted by Gasteiger charge is 2.47. The van der Waals surface area contributed by atoms with Crippen molar-refractivity contribution in [2.24, 2.45) is 5.92 Å². The van der Waals surface area contributed by atoms with Gasteiger partial charge in [0.2, 0.25) is 0 Å². The van der Waals surface area contributed by atoms with Gasteiger partial charge in [0.05, 0.1) is 11.7 Å². The van der Waals surface area contributed by atoms with Crippen LogP contribution in [0.15, 0.2) is 60.9 Å². The first-order valence-electron chi connectivity index (χ1n) is 10.6.